The number of carboxylic acid groups (broad SMARTS) is 2. The Morgan fingerprint density at radius 3 is 1.56 bits per heavy atom. The van der Waals surface area contributed by atoms with E-state index >= 15 is 0 Å². The molecule has 0 bridgehead atoms. The molecular formula is C13H21CaO4-. The number of carboxylic acids is 2. The van der Waals surface area contributed by atoms with Gasteiger partial charge in [0.25, 0.3) is 0 Å². The molecule has 0 aliphatic heterocycles. The minimum absolute atomic E-state index is 0. The second-order valence-electron chi connectivity index (χ2n) is 5.34. The van der Waals surface area contributed by atoms with Crippen molar-refractivity contribution >= 4 is 49.7 Å². The van der Waals surface area contributed by atoms with Crippen molar-refractivity contribution in [1.82, 2.24) is 0 Å². The molecule has 0 aromatic heterocycles. The Morgan fingerprint density at radius 2 is 1.39 bits per heavy atom. The van der Waals surface area contributed by atoms with E-state index in [0.717, 1.165) is 0 Å². The van der Waals surface area contributed by atoms with E-state index < -0.39 is 18.4 Å². The van der Waals surface area contributed by atoms with Crippen molar-refractivity contribution in [2.45, 2.75) is 59.3 Å². The van der Waals surface area contributed by atoms with Crippen LogP contribution in [0.5, 0.6) is 0 Å². The number of aliphatic carboxylic acids is 2. The van der Waals surface area contributed by atoms with Crippen LogP contribution < -0.4 is 10.2 Å². The molecule has 1 aliphatic carbocycles. The van der Waals surface area contributed by atoms with Crippen LogP contribution in [0.3, 0.4) is 0 Å². The normalized spacial score (nSPS) is 15.9. The number of rotatable bonds is 2. The summed E-state index contributed by atoms with van der Waals surface area (Å²) >= 11 is 0. The Kier molecular flexibility index (Phi) is 11.4. The zero-order chi connectivity index (χ0) is 13.5. The van der Waals surface area contributed by atoms with Crippen molar-refractivity contribution in [2.24, 2.45) is 5.41 Å². The zero-order valence-corrected chi connectivity index (χ0v) is 13.8. The summed E-state index contributed by atoms with van der Waals surface area (Å²) < 4.78 is 0. The van der Waals surface area contributed by atoms with Gasteiger partial charge in [0.2, 0.25) is 0 Å². The van der Waals surface area contributed by atoms with Gasteiger partial charge in [-0.15, -0.1) is 0 Å². The third-order valence-corrected chi connectivity index (χ3v) is 2.81. The first-order valence-corrected chi connectivity index (χ1v) is 5.98. The molecule has 1 rings (SSSR count). The predicted molar refractivity (Wildman–Crippen MR) is 66.2 cm³/mol. The summed E-state index contributed by atoms with van der Waals surface area (Å²) in [5.41, 5.74) is 0.487. The van der Waals surface area contributed by atoms with Gasteiger partial charge < -0.3 is 25.7 Å². The minimum atomic E-state index is -1.63. The molecule has 18 heavy (non-hydrogen) atoms. The van der Waals surface area contributed by atoms with Gasteiger partial charge in [-0.1, -0.05) is 40.0 Å². The summed E-state index contributed by atoms with van der Waals surface area (Å²) in [5.74, 6) is -1.46. The molecule has 4 nitrogen and oxygen atoms in total. The number of carbonyl (C=O) groups excluding carboxylic acids is 2. The summed E-state index contributed by atoms with van der Waals surface area (Å²) in [6.07, 6.45) is 6.09. The van der Waals surface area contributed by atoms with Crippen LogP contribution in [0.15, 0.2) is 0 Å². The molecule has 0 saturated heterocycles. The number of carbonyl (C=O) groups is 2. The first kappa shape index (κ1) is 20.5. The molecule has 0 unspecified atom stereocenters. The smallest absolute Gasteiger partial charge is 0.550 e. The summed E-state index contributed by atoms with van der Waals surface area (Å²) in [5, 5.41) is 18.6. The molecule has 1 aliphatic rings. The third-order valence-electron chi connectivity index (χ3n) is 2.81. The largest absolute Gasteiger partial charge is 2.00 e. The maximum absolute atomic E-state index is 9.28. The summed E-state index contributed by atoms with van der Waals surface area (Å²) in [6.45, 7) is 7.02. The van der Waals surface area contributed by atoms with Crippen LogP contribution in [0.4, 0.5) is 0 Å². The van der Waals surface area contributed by atoms with E-state index in [-0.39, 0.29) is 37.7 Å². The first-order valence-electron chi connectivity index (χ1n) is 5.98. The van der Waals surface area contributed by atoms with Crippen LogP contribution in [0.1, 0.15) is 59.3 Å². The molecule has 0 aromatic carbocycles. The summed E-state index contributed by atoms with van der Waals surface area (Å²) in [7, 11) is 0. The SMILES string of the molecule is CC(C)(C)[C-]1CCCCC1.O=C([O-])CC(=O)[O-].[Ca+2]. The Morgan fingerprint density at radius 1 is 1.00 bits per heavy atom. The van der Waals surface area contributed by atoms with Gasteiger partial charge in [0, 0.05) is 18.4 Å². The first-order chi connectivity index (χ1) is 7.73. The van der Waals surface area contributed by atoms with Crippen molar-refractivity contribution in [3.63, 3.8) is 0 Å². The van der Waals surface area contributed by atoms with Crippen molar-refractivity contribution < 1.29 is 19.8 Å². The van der Waals surface area contributed by atoms with E-state index in [1.807, 2.05) is 0 Å². The molecule has 100 valence electrons. The van der Waals surface area contributed by atoms with Crippen LogP contribution in [0.25, 0.3) is 0 Å². The fraction of sp³-hybridized carbons (Fsp3) is 0.769. The zero-order valence-electron chi connectivity index (χ0n) is 11.6. The van der Waals surface area contributed by atoms with Gasteiger partial charge in [0.15, 0.2) is 0 Å². The van der Waals surface area contributed by atoms with Crippen LogP contribution in [0.2, 0.25) is 0 Å². The predicted octanol–water partition coefficient (Wildman–Crippen LogP) is 0.0666. The van der Waals surface area contributed by atoms with Gasteiger partial charge in [-0.2, -0.15) is 18.3 Å². The van der Waals surface area contributed by atoms with Crippen molar-refractivity contribution in [1.29, 1.82) is 0 Å². The van der Waals surface area contributed by atoms with Crippen LogP contribution in [0, 0.1) is 11.3 Å². The molecule has 0 heterocycles. The molecule has 0 radical (unpaired) electrons. The van der Waals surface area contributed by atoms with Gasteiger partial charge in [0.1, 0.15) is 0 Å². The van der Waals surface area contributed by atoms with Crippen molar-refractivity contribution in [3.05, 3.63) is 5.92 Å². The Hall–Kier alpha value is 0.200. The van der Waals surface area contributed by atoms with E-state index in [0.29, 0.717) is 5.41 Å². The van der Waals surface area contributed by atoms with Crippen molar-refractivity contribution in [3.8, 4) is 0 Å². The van der Waals surface area contributed by atoms with E-state index in [1.165, 1.54) is 32.1 Å². The Labute approximate surface area is 139 Å². The molecule has 0 amide bonds. The second kappa shape index (κ2) is 10.0. The monoisotopic (exact) mass is 281 g/mol. The summed E-state index contributed by atoms with van der Waals surface area (Å²) in [4.78, 5) is 18.6. The standard InChI is InChI=1S/C10H19.C3H4O4.Ca/c1-10(2,3)9-7-5-4-6-8-9;4-2(5)1-3(6)7;/h4-8H2,1-3H3;1H2,(H,4,5)(H,6,7);/q-1;;+2/p-2. The fourth-order valence-corrected chi connectivity index (χ4v) is 1.85. The third kappa shape index (κ3) is 11.3. The van der Waals surface area contributed by atoms with E-state index in [1.54, 1.807) is 5.92 Å². The molecular weight excluding hydrogens is 260 g/mol. The van der Waals surface area contributed by atoms with E-state index in [2.05, 4.69) is 20.8 Å². The average Bonchev–Trinajstić information content (AvgIpc) is 2.16. The maximum atomic E-state index is 9.28. The average molecular weight is 281 g/mol. The van der Waals surface area contributed by atoms with Crippen LogP contribution >= 0.6 is 0 Å². The Balaban J connectivity index is 0. The van der Waals surface area contributed by atoms with Gasteiger partial charge in [-0.25, -0.2) is 0 Å². The second-order valence-corrected chi connectivity index (χ2v) is 5.34. The van der Waals surface area contributed by atoms with Crippen LogP contribution in [-0.4, -0.2) is 49.7 Å². The topological polar surface area (TPSA) is 80.3 Å². The molecule has 5 heteroatoms. The molecule has 0 spiro atoms. The van der Waals surface area contributed by atoms with Gasteiger partial charge in [-0.3, -0.25) is 0 Å². The van der Waals surface area contributed by atoms with Gasteiger partial charge in [0.05, 0.1) is 0 Å². The molecule has 0 N–H and O–H groups in total. The molecule has 0 atom stereocenters. The van der Waals surface area contributed by atoms with Gasteiger partial charge in [-0.05, 0) is 0 Å². The fourth-order valence-electron chi connectivity index (χ4n) is 1.85. The van der Waals surface area contributed by atoms with Gasteiger partial charge >= 0.3 is 37.7 Å². The maximum Gasteiger partial charge on any atom is 2.00 e. The van der Waals surface area contributed by atoms with Crippen LogP contribution in [-0.2, 0) is 9.59 Å². The molecule has 0 aromatic rings. The quantitative estimate of drug-likeness (QED) is 0.407. The van der Waals surface area contributed by atoms with E-state index in [9.17, 15) is 19.8 Å². The summed E-state index contributed by atoms with van der Waals surface area (Å²) in [6, 6.07) is 0. The minimum Gasteiger partial charge on any atom is -0.550 e. The Bertz CT molecular complexity index is 240. The van der Waals surface area contributed by atoms with E-state index in [4.69, 9.17) is 0 Å². The molecule has 1 saturated carbocycles. The molecule has 1 fully saturated rings. The van der Waals surface area contributed by atoms with Crippen molar-refractivity contribution in [2.75, 3.05) is 0 Å². The number of hydrogen-bond acceptors (Lipinski definition) is 4. The number of hydrogen-bond donors (Lipinski definition) is 0.